The number of amides is 1. The molecule has 3 aromatic rings. The maximum atomic E-state index is 11.9. The van der Waals surface area contributed by atoms with Crippen LogP contribution >= 0.6 is 11.8 Å². The van der Waals surface area contributed by atoms with Crippen LogP contribution in [0.4, 0.5) is 0 Å². The van der Waals surface area contributed by atoms with Gasteiger partial charge in [-0.2, -0.15) is 0 Å². The fraction of sp³-hybridized carbons (Fsp3) is 0.263. The van der Waals surface area contributed by atoms with Gasteiger partial charge in [0.25, 0.3) is 5.91 Å². The minimum atomic E-state index is 0.0296. The van der Waals surface area contributed by atoms with Gasteiger partial charge in [0.05, 0.1) is 11.0 Å². The lowest BCUT2D eigenvalue weighted by molar-refractivity contribution is 0.0827. The number of carbonyl (C=O) groups is 1. The quantitative estimate of drug-likeness (QED) is 0.658. The predicted molar refractivity (Wildman–Crippen MR) is 99.4 cm³/mol. The molecular weight excluding hydrogens is 318 g/mol. The molecule has 124 valence electrons. The van der Waals surface area contributed by atoms with Crippen LogP contribution in [0.3, 0.4) is 0 Å². The van der Waals surface area contributed by atoms with Crippen molar-refractivity contribution in [2.45, 2.75) is 24.4 Å². The van der Waals surface area contributed by atoms with E-state index in [9.17, 15) is 4.79 Å². The zero-order valence-electron chi connectivity index (χ0n) is 14.2. The molecule has 1 aromatic heterocycles. The second kappa shape index (κ2) is 7.09. The van der Waals surface area contributed by atoms with Gasteiger partial charge in [-0.05, 0) is 36.8 Å². The van der Waals surface area contributed by atoms with Crippen LogP contribution < -0.4 is 0 Å². The van der Waals surface area contributed by atoms with Crippen LogP contribution in [0.1, 0.15) is 22.8 Å². The first-order valence-corrected chi connectivity index (χ1v) is 8.97. The van der Waals surface area contributed by atoms with E-state index in [2.05, 4.69) is 17.6 Å². The van der Waals surface area contributed by atoms with Crippen LogP contribution in [-0.4, -0.2) is 34.5 Å². The number of para-hydroxylation sites is 2. The van der Waals surface area contributed by atoms with Gasteiger partial charge >= 0.3 is 0 Å². The van der Waals surface area contributed by atoms with E-state index in [1.165, 1.54) is 11.1 Å². The van der Waals surface area contributed by atoms with Gasteiger partial charge in [-0.25, -0.2) is 4.98 Å². The number of hydrogen-bond acceptors (Lipinski definition) is 3. The standard InChI is InChI=1S/C19H21N3OS/c1-4-22-17-8-6-5-7-16(17)20-19(22)24-13-14-9-11-15(12-10-14)18(23)21(2)3/h5-12H,4,13H2,1-3H3. The molecule has 1 amide bonds. The van der Waals surface area contributed by atoms with E-state index in [1.54, 1.807) is 30.8 Å². The van der Waals surface area contributed by atoms with Gasteiger partial charge in [0.2, 0.25) is 0 Å². The molecule has 0 bridgehead atoms. The molecule has 0 N–H and O–H groups in total. The summed E-state index contributed by atoms with van der Waals surface area (Å²) >= 11 is 1.73. The second-order valence-electron chi connectivity index (χ2n) is 5.81. The molecule has 0 fully saturated rings. The van der Waals surface area contributed by atoms with Crippen LogP contribution in [0.25, 0.3) is 11.0 Å². The largest absolute Gasteiger partial charge is 0.345 e. The number of nitrogens with zero attached hydrogens (tertiary/aromatic N) is 3. The zero-order chi connectivity index (χ0) is 17.1. The third-order valence-electron chi connectivity index (χ3n) is 3.91. The Bertz CT molecular complexity index is 853. The maximum absolute atomic E-state index is 11.9. The highest BCUT2D eigenvalue weighted by Crippen LogP contribution is 2.26. The molecule has 5 heteroatoms. The summed E-state index contributed by atoms with van der Waals surface area (Å²) in [7, 11) is 3.53. The van der Waals surface area contributed by atoms with Crippen LogP contribution in [0, 0.1) is 0 Å². The molecule has 0 saturated carbocycles. The van der Waals surface area contributed by atoms with Crippen LogP contribution in [0.15, 0.2) is 53.7 Å². The van der Waals surface area contributed by atoms with Gasteiger partial charge in [-0.3, -0.25) is 4.79 Å². The van der Waals surface area contributed by atoms with Crippen molar-refractivity contribution in [2.24, 2.45) is 0 Å². The van der Waals surface area contributed by atoms with Crippen LogP contribution in [-0.2, 0) is 12.3 Å². The lowest BCUT2D eigenvalue weighted by Gasteiger charge is -2.10. The van der Waals surface area contributed by atoms with Crippen molar-refractivity contribution in [1.29, 1.82) is 0 Å². The van der Waals surface area contributed by atoms with Gasteiger partial charge in [0.1, 0.15) is 0 Å². The molecule has 0 radical (unpaired) electrons. The number of benzene rings is 2. The first-order valence-electron chi connectivity index (χ1n) is 7.98. The number of fused-ring (bicyclic) bond motifs is 1. The molecule has 0 saturated heterocycles. The van der Waals surface area contributed by atoms with Gasteiger partial charge in [0.15, 0.2) is 5.16 Å². The maximum Gasteiger partial charge on any atom is 0.253 e. The predicted octanol–water partition coefficient (Wildman–Crippen LogP) is 4.05. The van der Waals surface area contributed by atoms with Crippen molar-refractivity contribution in [3.05, 3.63) is 59.7 Å². The SMILES string of the molecule is CCn1c(SCc2ccc(C(=O)N(C)C)cc2)nc2ccccc21. The van der Waals surface area contributed by atoms with Gasteiger partial charge < -0.3 is 9.47 Å². The average molecular weight is 339 g/mol. The lowest BCUT2D eigenvalue weighted by Crippen LogP contribution is -2.21. The molecule has 1 heterocycles. The highest BCUT2D eigenvalue weighted by Gasteiger charge is 2.11. The van der Waals surface area contributed by atoms with Crippen LogP contribution in [0.2, 0.25) is 0 Å². The van der Waals surface area contributed by atoms with Crippen molar-refractivity contribution in [2.75, 3.05) is 14.1 Å². The number of hydrogen-bond donors (Lipinski definition) is 0. The Morgan fingerprint density at radius 1 is 1.12 bits per heavy atom. The Morgan fingerprint density at radius 2 is 1.83 bits per heavy atom. The third-order valence-corrected chi connectivity index (χ3v) is 4.96. The molecule has 0 aliphatic heterocycles. The minimum Gasteiger partial charge on any atom is -0.345 e. The van der Waals surface area contributed by atoms with Crippen molar-refractivity contribution >= 4 is 28.7 Å². The number of carbonyl (C=O) groups excluding carboxylic acids is 1. The molecule has 0 unspecified atom stereocenters. The second-order valence-corrected chi connectivity index (χ2v) is 6.76. The van der Waals surface area contributed by atoms with Crippen LogP contribution in [0.5, 0.6) is 0 Å². The van der Waals surface area contributed by atoms with Crippen molar-refractivity contribution < 1.29 is 4.79 Å². The summed E-state index contributed by atoms with van der Waals surface area (Å²) in [6.07, 6.45) is 0. The molecule has 0 aliphatic carbocycles. The molecule has 4 nitrogen and oxygen atoms in total. The Kier molecular flexibility index (Phi) is 4.90. The molecule has 0 aliphatic rings. The first-order chi connectivity index (χ1) is 11.6. The smallest absolute Gasteiger partial charge is 0.253 e. The van der Waals surface area contributed by atoms with E-state index in [0.717, 1.165) is 28.5 Å². The number of aryl methyl sites for hydroxylation is 1. The first kappa shape index (κ1) is 16.6. The van der Waals surface area contributed by atoms with Crippen molar-refractivity contribution in [1.82, 2.24) is 14.5 Å². The summed E-state index contributed by atoms with van der Waals surface area (Å²) in [6.45, 7) is 3.04. The average Bonchev–Trinajstić information content (AvgIpc) is 2.97. The summed E-state index contributed by atoms with van der Waals surface area (Å²) < 4.78 is 2.24. The highest BCUT2D eigenvalue weighted by molar-refractivity contribution is 7.98. The monoisotopic (exact) mass is 339 g/mol. The molecule has 0 atom stereocenters. The minimum absolute atomic E-state index is 0.0296. The lowest BCUT2D eigenvalue weighted by atomic mass is 10.1. The number of aromatic nitrogens is 2. The fourth-order valence-electron chi connectivity index (χ4n) is 2.62. The number of rotatable bonds is 5. The number of imidazole rings is 1. The Balaban J connectivity index is 1.75. The summed E-state index contributed by atoms with van der Waals surface area (Å²) in [5.41, 5.74) is 4.11. The van der Waals surface area contributed by atoms with E-state index in [0.29, 0.717) is 0 Å². The highest BCUT2D eigenvalue weighted by atomic mass is 32.2. The van der Waals surface area contributed by atoms with E-state index >= 15 is 0 Å². The summed E-state index contributed by atoms with van der Waals surface area (Å²) in [6, 6.07) is 16.0. The summed E-state index contributed by atoms with van der Waals surface area (Å²) in [5, 5.41) is 1.03. The molecule has 2 aromatic carbocycles. The van der Waals surface area contributed by atoms with Gasteiger partial charge in [0, 0.05) is 32.0 Å². The van der Waals surface area contributed by atoms with Gasteiger partial charge in [-0.15, -0.1) is 0 Å². The molecular formula is C19H21N3OS. The Hall–Kier alpha value is -2.27. The Labute approximate surface area is 146 Å². The molecule has 24 heavy (non-hydrogen) atoms. The molecule has 0 spiro atoms. The van der Waals surface area contributed by atoms with E-state index in [1.807, 2.05) is 42.5 Å². The van der Waals surface area contributed by atoms with Crippen molar-refractivity contribution in [3.8, 4) is 0 Å². The van der Waals surface area contributed by atoms with E-state index in [4.69, 9.17) is 4.98 Å². The fourth-order valence-corrected chi connectivity index (χ4v) is 3.65. The Morgan fingerprint density at radius 3 is 2.50 bits per heavy atom. The zero-order valence-corrected chi connectivity index (χ0v) is 15.0. The molecule has 3 rings (SSSR count). The number of thioether (sulfide) groups is 1. The normalized spacial score (nSPS) is 11.0. The summed E-state index contributed by atoms with van der Waals surface area (Å²) in [5.74, 6) is 0.863. The van der Waals surface area contributed by atoms with Gasteiger partial charge in [-0.1, -0.05) is 36.0 Å². The third kappa shape index (κ3) is 3.31. The topological polar surface area (TPSA) is 38.1 Å². The van der Waals surface area contributed by atoms with E-state index in [-0.39, 0.29) is 5.91 Å². The van der Waals surface area contributed by atoms with E-state index < -0.39 is 0 Å². The van der Waals surface area contributed by atoms with Crippen molar-refractivity contribution in [3.63, 3.8) is 0 Å². The summed E-state index contributed by atoms with van der Waals surface area (Å²) in [4.78, 5) is 18.2.